The number of nitrogens with zero attached hydrogens (tertiary/aromatic N) is 6. The molecule has 0 radical (unpaired) electrons. The van der Waals surface area contributed by atoms with Crippen LogP contribution in [0, 0.1) is 0 Å². The van der Waals surface area contributed by atoms with Crippen LogP contribution in [0.1, 0.15) is 5.82 Å². The van der Waals surface area contributed by atoms with E-state index in [9.17, 15) is 4.79 Å². The van der Waals surface area contributed by atoms with E-state index in [0.717, 1.165) is 17.3 Å². The number of piperazine rings is 1. The van der Waals surface area contributed by atoms with Gasteiger partial charge in [-0.2, -0.15) is 4.68 Å². The zero-order valence-corrected chi connectivity index (χ0v) is 18.9. The molecule has 174 valence electrons. The number of rotatable bonds is 7. The third-order valence-corrected chi connectivity index (χ3v) is 5.48. The molecular formula is C22H27N7O4. The number of benzene rings is 2. The van der Waals surface area contributed by atoms with Crippen LogP contribution >= 0.6 is 0 Å². The van der Waals surface area contributed by atoms with Gasteiger partial charge in [-0.05, 0) is 34.7 Å². The Kier molecular flexibility index (Phi) is 6.89. The van der Waals surface area contributed by atoms with Gasteiger partial charge < -0.3 is 24.4 Å². The SMILES string of the molecule is COc1ccc(-n2nnnc2CN2CCN(C(=O)Nc3cc(OC)cc(OC)c3)CC2)cc1. The van der Waals surface area contributed by atoms with Gasteiger partial charge in [0.2, 0.25) is 0 Å². The monoisotopic (exact) mass is 453 g/mol. The second kappa shape index (κ2) is 10.2. The molecule has 11 nitrogen and oxygen atoms in total. The summed E-state index contributed by atoms with van der Waals surface area (Å²) in [6.45, 7) is 3.20. The number of carbonyl (C=O) groups excluding carboxylic acids is 1. The van der Waals surface area contributed by atoms with Crippen LogP contribution in [-0.2, 0) is 6.54 Å². The van der Waals surface area contributed by atoms with Gasteiger partial charge in [0.1, 0.15) is 17.2 Å². The molecule has 2 heterocycles. The Hall–Kier alpha value is -3.86. The number of amides is 2. The first-order valence-electron chi connectivity index (χ1n) is 10.5. The number of hydrogen-bond donors (Lipinski definition) is 1. The summed E-state index contributed by atoms with van der Waals surface area (Å²) in [5.74, 6) is 2.74. The third-order valence-electron chi connectivity index (χ3n) is 5.48. The fraction of sp³-hybridized carbons (Fsp3) is 0.364. The summed E-state index contributed by atoms with van der Waals surface area (Å²) in [5.41, 5.74) is 1.49. The Balaban J connectivity index is 1.33. The molecule has 2 aromatic carbocycles. The molecule has 11 heteroatoms. The highest BCUT2D eigenvalue weighted by atomic mass is 16.5. The van der Waals surface area contributed by atoms with Crippen molar-refractivity contribution in [1.82, 2.24) is 30.0 Å². The van der Waals surface area contributed by atoms with Crippen LogP contribution in [0.2, 0.25) is 0 Å². The quantitative estimate of drug-likeness (QED) is 0.579. The summed E-state index contributed by atoms with van der Waals surface area (Å²) >= 11 is 0. The van der Waals surface area contributed by atoms with E-state index in [2.05, 4.69) is 25.7 Å². The second-order valence-corrected chi connectivity index (χ2v) is 7.50. The van der Waals surface area contributed by atoms with E-state index in [0.29, 0.717) is 49.9 Å². The average molecular weight is 454 g/mol. The largest absolute Gasteiger partial charge is 0.497 e. The highest BCUT2D eigenvalue weighted by molar-refractivity contribution is 5.90. The van der Waals surface area contributed by atoms with Crippen LogP contribution in [0.4, 0.5) is 10.5 Å². The lowest BCUT2D eigenvalue weighted by atomic mass is 10.2. The Morgan fingerprint density at radius 2 is 1.55 bits per heavy atom. The number of urea groups is 1. The van der Waals surface area contributed by atoms with E-state index in [-0.39, 0.29) is 6.03 Å². The van der Waals surface area contributed by atoms with Crippen LogP contribution in [0.3, 0.4) is 0 Å². The number of aromatic nitrogens is 4. The van der Waals surface area contributed by atoms with Gasteiger partial charge in [0.25, 0.3) is 0 Å². The molecule has 2 amide bonds. The first-order valence-corrected chi connectivity index (χ1v) is 10.5. The Bertz CT molecular complexity index is 1060. The van der Waals surface area contributed by atoms with Crippen molar-refractivity contribution in [3.05, 3.63) is 48.3 Å². The van der Waals surface area contributed by atoms with Crippen molar-refractivity contribution >= 4 is 11.7 Å². The lowest BCUT2D eigenvalue weighted by Gasteiger charge is -2.34. The van der Waals surface area contributed by atoms with E-state index >= 15 is 0 Å². The highest BCUT2D eigenvalue weighted by Crippen LogP contribution is 2.26. The first kappa shape index (κ1) is 22.3. The standard InChI is InChI=1S/C22H27N7O4/c1-31-18-6-4-17(5-7-18)29-21(24-25-26-29)15-27-8-10-28(11-9-27)22(30)23-16-12-19(32-2)14-20(13-16)33-3/h4-7,12-14H,8-11,15H2,1-3H3,(H,23,30). The van der Waals surface area contributed by atoms with Gasteiger partial charge in [-0.1, -0.05) is 0 Å². The van der Waals surface area contributed by atoms with E-state index in [1.165, 1.54) is 0 Å². The smallest absolute Gasteiger partial charge is 0.321 e. The van der Waals surface area contributed by atoms with E-state index in [1.807, 2.05) is 24.3 Å². The van der Waals surface area contributed by atoms with Gasteiger partial charge in [-0.25, -0.2) is 4.79 Å². The maximum atomic E-state index is 12.7. The van der Waals surface area contributed by atoms with E-state index in [4.69, 9.17) is 14.2 Å². The molecule has 0 bridgehead atoms. The molecule has 0 aliphatic carbocycles. The molecule has 3 aromatic rings. The molecule has 1 aromatic heterocycles. The number of nitrogens with one attached hydrogen (secondary N) is 1. The van der Waals surface area contributed by atoms with Gasteiger partial charge in [0.15, 0.2) is 5.82 Å². The summed E-state index contributed by atoms with van der Waals surface area (Å²) < 4.78 is 17.5. The minimum Gasteiger partial charge on any atom is -0.497 e. The third kappa shape index (κ3) is 5.32. The van der Waals surface area contributed by atoms with Gasteiger partial charge in [-0.3, -0.25) is 4.90 Å². The summed E-state index contributed by atoms with van der Waals surface area (Å²) in [7, 11) is 4.78. The summed E-state index contributed by atoms with van der Waals surface area (Å²) in [5, 5.41) is 15.1. The summed E-state index contributed by atoms with van der Waals surface area (Å²) in [4.78, 5) is 16.8. The first-order chi connectivity index (χ1) is 16.1. The minimum absolute atomic E-state index is 0.159. The van der Waals surface area contributed by atoms with Gasteiger partial charge in [-0.15, -0.1) is 5.10 Å². The second-order valence-electron chi connectivity index (χ2n) is 7.50. The van der Waals surface area contributed by atoms with Crippen LogP contribution in [0.5, 0.6) is 17.2 Å². The van der Waals surface area contributed by atoms with Crippen molar-refractivity contribution in [2.24, 2.45) is 0 Å². The van der Waals surface area contributed by atoms with Crippen LogP contribution in [0.25, 0.3) is 5.69 Å². The van der Waals surface area contributed by atoms with Crippen molar-refractivity contribution in [3.63, 3.8) is 0 Å². The number of ether oxygens (including phenoxy) is 3. The number of carbonyl (C=O) groups is 1. The van der Waals surface area contributed by atoms with Crippen molar-refractivity contribution in [1.29, 1.82) is 0 Å². The molecular weight excluding hydrogens is 426 g/mol. The highest BCUT2D eigenvalue weighted by Gasteiger charge is 2.23. The molecule has 1 aliphatic heterocycles. The number of tetrazole rings is 1. The number of anilines is 1. The Morgan fingerprint density at radius 3 is 2.15 bits per heavy atom. The van der Waals surface area contributed by atoms with Crippen molar-refractivity contribution < 1.29 is 19.0 Å². The van der Waals surface area contributed by atoms with Crippen LogP contribution in [0.15, 0.2) is 42.5 Å². The predicted octanol–water partition coefficient (Wildman–Crippen LogP) is 2.04. The molecule has 1 aliphatic rings. The zero-order valence-electron chi connectivity index (χ0n) is 18.9. The van der Waals surface area contributed by atoms with Crippen LogP contribution < -0.4 is 19.5 Å². The maximum absolute atomic E-state index is 12.7. The predicted molar refractivity (Wildman–Crippen MR) is 121 cm³/mol. The van der Waals surface area contributed by atoms with Gasteiger partial charge in [0, 0.05) is 50.1 Å². The molecule has 0 saturated carbocycles. The van der Waals surface area contributed by atoms with Crippen molar-refractivity contribution in [2.75, 3.05) is 52.8 Å². The molecule has 1 fully saturated rings. The number of methoxy groups -OCH3 is 3. The summed E-state index contributed by atoms with van der Waals surface area (Å²) in [6, 6.07) is 12.7. The lowest BCUT2D eigenvalue weighted by Crippen LogP contribution is -2.49. The van der Waals surface area contributed by atoms with Gasteiger partial charge >= 0.3 is 6.03 Å². The number of hydrogen-bond acceptors (Lipinski definition) is 8. The molecule has 0 atom stereocenters. The van der Waals surface area contributed by atoms with Gasteiger partial charge in [0.05, 0.1) is 33.6 Å². The van der Waals surface area contributed by atoms with E-state index in [1.54, 1.807) is 49.1 Å². The Labute approximate surface area is 191 Å². The normalized spacial score (nSPS) is 14.1. The van der Waals surface area contributed by atoms with Crippen LogP contribution in [-0.4, -0.2) is 83.5 Å². The lowest BCUT2D eigenvalue weighted by molar-refractivity contribution is 0.140. The maximum Gasteiger partial charge on any atom is 0.321 e. The molecule has 1 N–H and O–H groups in total. The van der Waals surface area contributed by atoms with Crippen molar-refractivity contribution in [2.45, 2.75) is 6.54 Å². The minimum atomic E-state index is -0.159. The van der Waals surface area contributed by atoms with Crippen molar-refractivity contribution in [3.8, 4) is 22.9 Å². The fourth-order valence-electron chi connectivity index (χ4n) is 3.62. The zero-order chi connectivity index (χ0) is 23.2. The molecule has 33 heavy (non-hydrogen) atoms. The Morgan fingerprint density at radius 1 is 0.909 bits per heavy atom. The summed E-state index contributed by atoms with van der Waals surface area (Å²) in [6.07, 6.45) is 0. The molecule has 1 saturated heterocycles. The average Bonchev–Trinajstić information content (AvgIpc) is 3.32. The van der Waals surface area contributed by atoms with E-state index < -0.39 is 0 Å². The molecule has 0 unspecified atom stereocenters. The topological polar surface area (TPSA) is 107 Å². The fourth-order valence-corrected chi connectivity index (χ4v) is 3.62. The molecule has 0 spiro atoms. The molecule has 4 rings (SSSR count).